The molecule has 2 unspecified atom stereocenters. The van der Waals surface area contributed by atoms with E-state index in [9.17, 15) is 4.79 Å². The molecule has 0 aromatic rings. The predicted octanol–water partition coefficient (Wildman–Crippen LogP) is 3.63. The van der Waals surface area contributed by atoms with Crippen LogP contribution in [0.3, 0.4) is 0 Å². The lowest BCUT2D eigenvalue weighted by atomic mass is 9.84. The molecule has 2 atom stereocenters. The molecule has 1 saturated heterocycles. The van der Waals surface area contributed by atoms with Crippen molar-refractivity contribution in [3.05, 3.63) is 0 Å². The summed E-state index contributed by atoms with van der Waals surface area (Å²) in [6, 6.07) is 0. The summed E-state index contributed by atoms with van der Waals surface area (Å²) >= 11 is 0. The lowest BCUT2D eigenvalue weighted by Gasteiger charge is -2.27. The summed E-state index contributed by atoms with van der Waals surface area (Å²) in [6.45, 7) is 0. The van der Waals surface area contributed by atoms with Gasteiger partial charge >= 0.3 is 0 Å². The Bertz CT molecular complexity index is 291. The van der Waals surface area contributed by atoms with Gasteiger partial charge in [0, 0.05) is 12.3 Å². The van der Waals surface area contributed by atoms with Gasteiger partial charge in [-0.3, -0.25) is 4.79 Å². The number of Topliss-reactive ketones (excluding diaryl/α,β-unsaturated/α-hetero) is 1. The number of carbonyl (C=O) groups excluding carboxylic acids is 1. The van der Waals surface area contributed by atoms with Gasteiger partial charge in [0.05, 0.1) is 11.7 Å². The Balaban J connectivity index is 1.54. The van der Waals surface area contributed by atoms with E-state index < -0.39 is 0 Å². The summed E-state index contributed by atoms with van der Waals surface area (Å²) in [5.41, 5.74) is 0.238. The first-order valence-electron chi connectivity index (χ1n) is 7.48. The second-order valence-electron chi connectivity index (χ2n) is 6.31. The van der Waals surface area contributed by atoms with E-state index in [2.05, 4.69) is 0 Å². The van der Waals surface area contributed by atoms with Crippen LogP contribution in [0.4, 0.5) is 0 Å². The van der Waals surface area contributed by atoms with Gasteiger partial charge < -0.3 is 4.74 Å². The molecule has 2 saturated carbocycles. The average molecular weight is 236 g/mol. The van der Waals surface area contributed by atoms with Crippen LogP contribution in [0.15, 0.2) is 0 Å². The normalized spacial score (nSPS) is 36.8. The number of carbonyl (C=O) groups is 1. The largest absolute Gasteiger partial charge is 0.372 e. The Morgan fingerprint density at radius 3 is 2.65 bits per heavy atom. The maximum atomic E-state index is 11.8. The van der Waals surface area contributed by atoms with Gasteiger partial charge in [-0.15, -0.1) is 0 Å². The summed E-state index contributed by atoms with van der Waals surface area (Å²) in [7, 11) is 0. The first-order valence-corrected chi connectivity index (χ1v) is 7.48. The molecule has 1 spiro atoms. The maximum absolute atomic E-state index is 11.8. The molecule has 0 aromatic heterocycles. The standard InChI is InChI=1S/C15H24O2/c16-14-6-2-1-5-12(14)11-13-7-10-15(17-13)8-3-4-9-15/h12-13H,1-11H2. The summed E-state index contributed by atoms with van der Waals surface area (Å²) in [6.07, 6.45) is 13.4. The van der Waals surface area contributed by atoms with Crippen LogP contribution in [0.5, 0.6) is 0 Å². The fourth-order valence-corrected chi connectivity index (χ4v) is 4.07. The molecule has 1 heterocycles. The van der Waals surface area contributed by atoms with Gasteiger partial charge in [0.25, 0.3) is 0 Å². The highest BCUT2D eigenvalue weighted by Gasteiger charge is 2.43. The van der Waals surface area contributed by atoms with Crippen LogP contribution in [-0.2, 0) is 9.53 Å². The summed E-state index contributed by atoms with van der Waals surface area (Å²) in [5, 5.41) is 0. The van der Waals surface area contributed by atoms with Crippen molar-refractivity contribution in [3.8, 4) is 0 Å². The quantitative estimate of drug-likeness (QED) is 0.732. The molecular formula is C15H24O2. The monoisotopic (exact) mass is 236 g/mol. The van der Waals surface area contributed by atoms with Crippen LogP contribution in [-0.4, -0.2) is 17.5 Å². The van der Waals surface area contributed by atoms with E-state index in [0.29, 0.717) is 17.8 Å². The van der Waals surface area contributed by atoms with E-state index in [-0.39, 0.29) is 5.60 Å². The van der Waals surface area contributed by atoms with Crippen molar-refractivity contribution < 1.29 is 9.53 Å². The second-order valence-corrected chi connectivity index (χ2v) is 6.31. The van der Waals surface area contributed by atoms with Crippen LogP contribution in [0.25, 0.3) is 0 Å². The molecule has 0 N–H and O–H groups in total. The molecule has 0 radical (unpaired) electrons. The van der Waals surface area contributed by atoms with Crippen molar-refractivity contribution in [2.75, 3.05) is 0 Å². The van der Waals surface area contributed by atoms with Gasteiger partial charge in [-0.05, 0) is 44.9 Å². The second kappa shape index (κ2) is 4.72. The summed E-state index contributed by atoms with van der Waals surface area (Å²) in [5.74, 6) is 0.831. The third kappa shape index (κ3) is 2.42. The third-order valence-electron chi connectivity index (χ3n) is 5.08. The predicted molar refractivity (Wildman–Crippen MR) is 66.9 cm³/mol. The molecule has 3 aliphatic rings. The molecule has 2 nitrogen and oxygen atoms in total. The van der Waals surface area contributed by atoms with Crippen molar-refractivity contribution in [1.82, 2.24) is 0 Å². The Labute approximate surface area is 104 Å². The zero-order chi connectivity index (χ0) is 11.7. The highest BCUT2D eigenvalue weighted by Crippen LogP contribution is 2.45. The first kappa shape index (κ1) is 11.7. The van der Waals surface area contributed by atoms with E-state index in [1.807, 2.05) is 0 Å². The lowest BCUT2D eigenvalue weighted by Crippen LogP contribution is -2.28. The average Bonchev–Trinajstić information content (AvgIpc) is 2.94. The van der Waals surface area contributed by atoms with Gasteiger partial charge in [-0.2, -0.15) is 0 Å². The van der Waals surface area contributed by atoms with Crippen molar-refractivity contribution in [1.29, 1.82) is 0 Å². The number of hydrogen-bond acceptors (Lipinski definition) is 2. The van der Waals surface area contributed by atoms with E-state index in [1.54, 1.807) is 0 Å². The molecule has 0 aromatic carbocycles. The van der Waals surface area contributed by atoms with Gasteiger partial charge in [0.2, 0.25) is 0 Å². The molecule has 3 rings (SSSR count). The number of rotatable bonds is 2. The molecule has 3 fully saturated rings. The molecule has 0 bridgehead atoms. The minimum atomic E-state index is 0.238. The van der Waals surface area contributed by atoms with Crippen LogP contribution in [0.1, 0.15) is 70.6 Å². The summed E-state index contributed by atoms with van der Waals surface area (Å²) < 4.78 is 6.31. The van der Waals surface area contributed by atoms with Crippen LogP contribution >= 0.6 is 0 Å². The van der Waals surface area contributed by atoms with Gasteiger partial charge in [-0.1, -0.05) is 19.3 Å². The van der Waals surface area contributed by atoms with Gasteiger partial charge in [0.1, 0.15) is 5.78 Å². The van der Waals surface area contributed by atoms with Crippen molar-refractivity contribution in [3.63, 3.8) is 0 Å². The molecule has 2 aliphatic carbocycles. The third-order valence-corrected chi connectivity index (χ3v) is 5.08. The first-order chi connectivity index (χ1) is 8.27. The number of hydrogen-bond donors (Lipinski definition) is 0. The lowest BCUT2D eigenvalue weighted by molar-refractivity contribution is -0.126. The number of ether oxygens (including phenoxy) is 1. The van der Waals surface area contributed by atoms with Crippen molar-refractivity contribution in [2.24, 2.45) is 5.92 Å². The number of ketones is 1. The smallest absolute Gasteiger partial charge is 0.136 e. The van der Waals surface area contributed by atoms with Gasteiger partial charge in [-0.25, -0.2) is 0 Å². The van der Waals surface area contributed by atoms with Crippen molar-refractivity contribution in [2.45, 2.75) is 82.3 Å². The SMILES string of the molecule is O=C1CCCCC1CC1CCC2(CCCC2)O1. The topological polar surface area (TPSA) is 26.3 Å². The van der Waals surface area contributed by atoms with E-state index in [1.165, 1.54) is 44.9 Å². The molecule has 2 heteroatoms. The van der Waals surface area contributed by atoms with Crippen LogP contribution in [0, 0.1) is 5.92 Å². The zero-order valence-electron chi connectivity index (χ0n) is 10.7. The minimum Gasteiger partial charge on any atom is -0.372 e. The molecule has 96 valence electrons. The molecule has 1 aliphatic heterocycles. The van der Waals surface area contributed by atoms with Crippen molar-refractivity contribution >= 4 is 5.78 Å². The van der Waals surface area contributed by atoms with E-state index >= 15 is 0 Å². The summed E-state index contributed by atoms with van der Waals surface area (Å²) in [4.78, 5) is 11.8. The van der Waals surface area contributed by atoms with Gasteiger partial charge in [0.15, 0.2) is 0 Å². The fraction of sp³-hybridized carbons (Fsp3) is 0.933. The highest BCUT2D eigenvalue weighted by molar-refractivity contribution is 5.81. The Hall–Kier alpha value is -0.370. The van der Waals surface area contributed by atoms with E-state index in [4.69, 9.17) is 4.74 Å². The highest BCUT2D eigenvalue weighted by atomic mass is 16.5. The van der Waals surface area contributed by atoms with Crippen LogP contribution in [0.2, 0.25) is 0 Å². The maximum Gasteiger partial charge on any atom is 0.136 e. The van der Waals surface area contributed by atoms with Crippen LogP contribution < -0.4 is 0 Å². The Kier molecular flexibility index (Phi) is 3.25. The Morgan fingerprint density at radius 2 is 1.88 bits per heavy atom. The zero-order valence-corrected chi connectivity index (χ0v) is 10.7. The molecule has 17 heavy (non-hydrogen) atoms. The molecular weight excluding hydrogens is 212 g/mol. The molecule has 0 amide bonds. The minimum absolute atomic E-state index is 0.238. The Morgan fingerprint density at radius 1 is 1.06 bits per heavy atom. The van der Waals surface area contributed by atoms with E-state index in [0.717, 1.165) is 25.7 Å². The fourth-order valence-electron chi connectivity index (χ4n) is 4.07.